The highest BCUT2D eigenvalue weighted by Crippen LogP contribution is 2.36. The zero-order valence-electron chi connectivity index (χ0n) is 20.5. The van der Waals surface area contributed by atoms with Crippen molar-refractivity contribution in [3.05, 3.63) is 0 Å². The highest BCUT2D eigenvalue weighted by atomic mass is 15.2. The van der Waals surface area contributed by atoms with Crippen molar-refractivity contribution in [2.45, 2.75) is 137 Å². The Morgan fingerprint density at radius 2 is 0.964 bits per heavy atom. The molecule has 166 valence electrons. The molecule has 1 heterocycles. The van der Waals surface area contributed by atoms with Crippen LogP contribution < -0.4 is 0 Å². The first kappa shape index (κ1) is 24.2. The minimum atomic E-state index is 0.530. The maximum absolute atomic E-state index is 2.79. The van der Waals surface area contributed by atoms with E-state index in [2.05, 4.69) is 46.4 Å². The monoisotopic (exact) mass is 391 g/mol. The van der Waals surface area contributed by atoms with Crippen LogP contribution in [0.3, 0.4) is 0 Å². The fourth-order valence-corrected chi connectivity index (χ4v) is 6.12. The van der Waals surface area contributed by atoms with Gasteiger partial charge in [-0.05, 0) is 87.1 Å². The summed E-state index contributed by atoms with van der Waals surface area (Å²) in [7, 11) is 0. The van der Waals surface area contributed by atoms with E-state index in [1.807, 2.05) is 0 Å². The van der Waals surface area contributed by atoms with E-state index in [0.717, 1.165) is 17.9 Å². The van der Waals surface area contributed by atoms with Crippen LogP contribution in [0.25, 0.3) is 0 Å². The van der Waals surface area contributed by atoms with E-state index in [1.165, 1.54) is 103 Å². The minimum absolute atomic E-state index is 0.530. The molecule has 3 rings (SSSR count). The van der Waals surface area contributed by atoms with Crippen LogP contribution >= 0.6 is 0 Å². The van der Waals surface area contributed by atoms with Gasteiger partial charge in [0.2, 0.25) is 0 Å². The van der Waals surface area contributed by atoms with Crippen molar-refractivity contribution >= 4 is 0 Å². The Morgan fingerprint density at radius 1 is 0.536 bits per heavy atom. The molecule has 1 aliphatic heterocycles. The molecular weight excluding hydrogens is 338 g/mol. The van der Waals surface area contributed by atoms with Crippen molar-refractivity contribution in [2.75, 3.05) is 13.1 Å². The van der Waals surface area contributed by atoms with Gasteiger partial charge in [-0.25, -0.2) is 0 Å². The molecule has 0 aromatic carbocycles. The van der Waals surface area contributed by atoms with Crippen molar-refractivity contribution in [3.63, 3.8) is 0 Å². The lowest BCUT2D eigenvalue weighted by atomic mass is 9.76. The van der Waals surface area contributed by atoms with Gasteiger partial charge in [0.05, 0.1) is 0 Å². The first-order valence-corrected chi connectivity index (χ1v) is 12.9. The van der Waals surface area contributed by atoms with Gasteiger partial charge in [0, 0.05) is 6.04 Å². The van der Waals surface area contributed by atoms with Crippen LogP contribution in [0, 0.1) is 22.7 Å². The summed E-state index contributed by atoms with van der Waals surface area (Å²) in [4.78, 5) is 2.79. The Balaban J connectivity index is 0.000000221. The van der Waals surface area contributed by atoms with Crippen LogP contribution in [0.4, 0.5) is 0 Å². The standard InChI is InChI=1S/C16H31N.C11H22/c1-16(2,3)13-14-7-9-15(10-8-14)17-11-5-4-6-12-17;1-11(2,3)9-10-7-5-4-6-8-10/h14-15H,4-13H2,1-3H3;10H,4-9H2,1-3H3. The topological polar surface area (TPSA) is 3.24 Å². The maximum atomic E-state index is 2.79. The predicted molar refractivity (Wildman–Crippen MR) is 126 cm³/mol. The van der Waals surface area contributed by atoms with Crippen molar-refractivity contribution in [3.8, 4) is 0 Å². The molecule has 0 bridgehead atoms. The number of rotatable bonds is 3. The molecular formula is C27H53N. The van der Waals surface area contributed by atoms with E-state index in [-0.39, 0.29) is 0 Å². The lowest BCUT2D eigenvalue weighted by Gasteiger charge is -2.40. The van der Waals surface area contributed by atoms with Gasteiger partial charge in [0.25, 0.3) is 0 Å². The number of hydrogen-bond donors (Lipinski definition) is 0. The molecule has 0 spiro atoms. The van der Waals surface area contributed by atoms with Gasteiger partial charge in [-0.3, -0.25) is 0 Å². The summed E-state index contributed by atoms with van der Waals surface area (Å²) < 4.78 is 0. The number of piperidine rings is 1. The molecule has 0 unspecified atom stereocenters. The Hall–Kier alpha value is -0.0400. The summed E-state index contributed by atoms with van der Waals surface area (Å²) in [5.41, 5.74) is 1.09. The third kappa shape index (κ3) is 10.1. The first-order chi connectivity index (χ1) is 13.1. The molecule has 1 heteroatoms. The SMILES string of the molecule is CC(C)(C)CC1CCC(N2CCCCC2)CC1.CC(C)(C)CC1CCCCC1. The highest BCUT2D eigenvalue weighted by Gasteiger charge is 2.28. The molecule has 0 atom stereocenters. The maximum Gasteiger partial charge on any atom is 0.00954 e. The Labute approximate surface area is 178 Å². The summed E-state index contributed by atoms with van der Waals surface area (Å²) in [5, 5.41) is 0. The summed E-state index contributed by atoms with van der Waals surface area (Å²) in [6.07, 6.45) is 20.6. The van der Waals surface area contributed by atoms with Gasteiger partial charge in [-0.2, -0.15) is 0 Å². The van der Waals surface area contributed by atoms with Crippen LogP contribution in [0.1, 0.15) is 131 Å². The van der Waals surface area contributed by atoms with Crippen molar-refractivity contribution in [1.29, 1.82) is 0 Å². The van der Waals surface area contributed by atoms with Crippen LogP contribution in [0.15, 0.2) is 0 Å². The molecule has 2 aliphatic carbocycles. The van der Waals surface area contributed by atoms with Crippen LogP contribution in [0.5, 0.6) is 0 Å². The van der Waals surface area contributed by atoms with Crippen LogP contribution in [0.2, 0.25) is 0 Å². The van der Waals surface area contributed by atoms with Crippen molar-refractivity contribution in [1.82, 2.24) is 4.90 Å². The second kappa shape index (κ2) is 11.4. The molecule has 0 amide bonds. The molecule has 28 heavy (non-hydrogen) atoms. The van der Waals surface area contributed by atoms with E-state index in [1.54, 1.807) is 0 Å². The summed E-state index contributed by atoms with van der Waals surface area (Å²) in [5.74, 6) is 2.06. The average molecular weight is 392 g/mol. The van der Waals surface area contributed by atoms with Gasteiger partial charge in [0.15, 0.2) is 0 Å². The smallest absolute Gasteiger partial charge is 0.00954 e. The molecule has 0 aromatic rings. The second-order valence-corrected chi connectivity index (χ2v) is 12.8. The molecule has 0 N–H and O–H groups in total. The summed E-state index contributed by atoms with van der Waals surface area (Å²) in [6, 6.07) is 0.937. The second-order valence-electron chi connectivity index (χ2n) is 12.8. The van der Waals surface area contributed by atoms with E-state index < -0.39 is 0 Å². The molecule has 1 saturated heterocycles. The summed E-state index contributed by atoms with van der Waals surface area (Å²) >= 11 is 0. The number of nitrogens with zero attached hydrogens (tertiary/aromatic N) is 1. The average Bonchev–Trinajstić information content (AvgIpc) is 2.62. The normalized spacial score (nSPS) is 28.5. The predicted octanol–water partition coefficient (Wildman–Crippen LogP) is 8.47. The van der Waals surface area contributed by atoms with Crippen molar-refractivity contribution in [2.24, 2.45) is 22.7 Å². The van der Waals surface area contributed by atoms with Crippen molar-refractivity contribution < 1.29 is 0 Å². The lowest BCUT2D eigenvalue weighted by molar-refractivity contribution is 0.104. The third-order valence-electron chi connectivity index (χ3n) is 7.25. The molecule has 2 saturated carbocycles. The highest BCUT2D eigenvalue weighted by molar-refractivity contribution is 4.83. The molecule has 0 aromatic heterocycles. The molecule has 3 fully saturated rings. The zero-order chi connectivity index (χ0) is 20.6. The van der Waals surface area contributed by atoms with Gasteiger partial charge in [-0.15, -0.1) is 0 Å². The zero-order valence-corrected chi connectivity index (χ0v) is 20.5. The third-order valence-corrected chi connectivity index (χ3v) is 7.25. The fourth-order valence-electron chi connectivity index (χ4n) is 6.12. The lowest BCUT2D eigenvalue weighted by Crippen LogP contribution is -2.41. The number of likely N-dealkylation sites (tertiary alicyclic amines) is 1. The fraction of sp³-hybridized carbons (Fsp3) is 1.00. The van der Waals surface area contributed by atoms with Gasteiger partial charge >= 0.3 is 0 Å². The van der Waals surface area contributed by atoms with E-state index >= 15 is 0 Å². The minimum Gasteiger partial charge on any atom is -0.300 e. The number of hydrogen-bond acceptors (Lipinski definition) is 1. The quantitative estimate of drug-likeness (QED) is 0.466. The largest absolute Gasteiger partial charge is 0.300 e. The van der Waals surface area contributed by atoms with Crippen LogP contribution in [-0.4, -0.2) is 24.0 Å². The van der Waals surface area contributed by atoms with Gasteiger partial charge in [-0.1, -0.05) is 80.1 Å². The van der Waals surface area contributed by atoms with E-state index in [9.17, 15) is 0 Å². The van der Waals surface area contributed by atoms with E-state index in [4.69, 9.17) is 0 Å². The molecule has 0 radical (unpaired) electrons. The molecule has 1 nitrogen and oxygen atoms in total. The Morgan fingerprint density at radius 3 is 1.43 bits per heavy atom. The molecule has 3 aliphatic rings. The van der Waals surface area contributed by atoms with Gasteiger partial charge in [0.1, 0.15) is 0 Å². The van der Waals surface area contributed by atoms with E-state index in [0.29, 0.717) is 10.8 Å². The Bertz CT molecular complexity index is 393. The van der Waals surface area contributed by atoms with Crippen LogP contribution in [-0.2, 0) is 0 Å². The summed E-state index contributed by atoms with van der Waals surface area (Å²) in [6.45, 7) is 17.0. The Kier molecular flexibility index (Phi) is 9.85. The van der Waals surface area contributed by atoms with Gasteiger partial charge < -0.3 is 4.90 Å². The first-order valence-electron chi connectivity index (χ1n) is 12.9.